The number of carbonyl (C=O) groups is 1. The van der Waals surface area contributed by atoms with Gasteiger partial charge in [-0.25, -0.2) is 8.42 Å². The molecule has 0 atom stereocenters. The van der Waals surface area contributed by atoms with Crippen LogP contribution in [0.1, 0.15) is 24.8 Å². The van der Waals surface area contributed by atoms with Crippen molar-refractivity contribution in [3.63, 3.8) is 0 Å². The normalized spacial score (nSPS) is 10.4. The van der Waals surface area contributed by atoms with E-state index in [0.29, 0.717) is 12.8 Å². The largest absolute Gasteiger partial charge is 0.461 e. The van der Waals surface area contributed by atoms with Gasteiger partial charge in [0.05, 0.1) is 0 Å². The average Bonchev–Trinajstić information content (AvgIpc) is 2.33. The van der Waals surface area contributed by atoms with Crippen LogP contribution in [-0.2, 0) is 26.8 Å². The molecule has 0 fully saturated rings. The lowest BCUT2D eigenvalue weighted by atomic mass is 10.2. The Bertz CT molecular complexity index is 404. The lowest BCUT2D eigenvalue weighted by Crippen LogP contribution is -2.04. The van der Waals surface area contributed by atoms with E-state index >= 15 is 0 Å². The van der Waals surface area contributed by atoms with Gasteiger partial charge < -0.3 is 4.74 Å². The fraction of sp³-hybridized carbons (Fsp3) is 0.417. The van der Waals surface area contributed by atoms with Crippen LogP contribution in [0, 0.1) is 0 Å². The van der Waals surface area contributed by atoms with Crippen molar-refractivity contribution in [1.29, 1.82) is 0 Å². The van der Waals surface area contributed by atoms with Crippen molar-refractivity contribution < 1.29 is 17.9 Å². The molecule has 4 nitrogen and oxygen atoms in total. The lowest BCUT2D eigenvalue weighted by molar-refractivity contribution is -0.145. The van der Waals surface area contributed by atoms with Crippen LogP contribution in [0.25, 0.3) is 0 Å². The fourth-order valence-electron chi connectivity index (χ4n) is 1.32. The number of hydrogen-bond acceptors (Lipinski definition) is 4. The Morgan fingerprint density at radius 1 is 1.12 bits per heavy atom. The highest BCUT2D eigenvalue weighted by molar-refractivity contribution is 7.72. The second-order valence-electron chi connectivity index (χ2n) is 3.66. The van der Waals surface area contributed by atoms with E-state index in [2.05, 4.69) is 0 Å². The zero-order valence-corrected chi connectivity index (χ0v) is 10.4. The summed E-state index contributed by atoms with van der Waals surface area (Å²) >= 11 is 0. The summed E-state index contributed by atoms with van der Waals surface area (Å²) in [5, 5.41) is 0. The third-order valence-corrected chi connectivity index (χ3v) is 2.90. The predicted molar refractivity (Wildman–Crippen MR) is 65.3 cm³/mol. The van der Waals surface area contributed by atoms with Crippen molar-refractivity contribution in [3.8, 4) is 0 Å². The molecular formula is C12H16O4S. The SMILES string of the molecule is O=C(CCCC[SH](=O)=O)OCc1ccccc1. The summed E-state index contributed by atoms with van der Waals surface area (Å²) in [5.74, 6) is -0.142. The highest BCUT2D eigenvalue weighted by Gasteiger charge is 2.03. The number of rotatable bonds is 7. The average molecular weight is 256 g/mol. The fourth-order valence-corrected chi connectivity index (χ4v) is 1.80. The molecule has 0 aliphatic rings. The second-order valence-corrected chi connectivity index (χ2v) is 4.77. The highest BCUT2D eigenvalue weighted by Crippen LogP contribution is 2.03. The monoisotopic (exact) mass is 256 g/mol. The van der Waals surface area contributed by atoms with E-state index in [9.17, 15) is 13.2 Å². The van der Waals surface area contributed by atoms with Crippen LogP contribution in [0.4, 0.5) is 0 Å². The van der Waals surface area contributed by atoms with Crippen LogP contribution in [-0.4, -0.2) is 20.1 Å². The third-order valence-electron chi connectivity index (χ3n) is 2.21. The summed E-state index contributed by atoms with van der Waals surface area (Å²) in [6.45, 7) is 0.273. The molecule has 0 unspecified atom stereocenters. The molecule has 0 spiro atoms. The Balaban J connectivity index is 2.13. The summed E-state index contributed by atoms with van der Waals surface area (Å²) in [7, 11) is -2.33. The Morgan fingerprint density at radius 2 is 1.82 bits per heavy atom. The molecule has 1 aromatic rings. The number of carbonyl (C=O) groups excluding carboxylic acids is 1. The van der Waals surface area contributed by atoms with Crippen molar-refractivity contribution in [2.75, 3.05) is 5.75 Å². The van der Waals surface area contributed by atoms with Crippen LogP contribution in [0.5, 0.6) is 0 Å². The van der Waals surface area contributed by atoms with E-state index in [0.717, 1.165) is 5.56 Å². The van der Waals surface area contributed by atoms with E-state index in [4.69, 9.17) is 4.74 Å². The summed E-state index contributed by atoms with van der Waals surface area (Å²) in [4.78, 5) is 11.3. The number of thiol groups is 1. The van der Waals surface area contributed by atoms with Gasteiger partial charge in [-0.1, -0.05) is 30.3 Å². The number of unbranched alkanes of at least 4 members (excludes halogenated alkanes) is 1. The first kappa shape index (κ1) is 13.7. The summed E-state index contributed by atoms with van der Waals surface area (Å²) in [6.07, 6.45) is 1.34. The van der Waals surface area contributed by atoms with Gasteiger partial charge >= 0.3 is 5.97 Å². The first-order valence-corrected chi connectivity index (χ1v) is 6.86. The first-order valence-electron chi connectivity index (χ1n) is 5.50. The number of ether oxygens (including phenoxy) is 1. The molecule has 0 saturated heterocycles. The molecule has 0 radical (unpaired) electrons. The number of benzene rings is 1. The summed E-state index contributed by atoms with van der Waals surface area (Å²) in [6, 6.07) is 9.43. The molecule has 17 heavy (non-hydrogen) atoms. The Morgan fingerprint density at radius 3 is 2.47 bits per heavy atom. The maximum atomic E-state index is 11.3. The Labute approximate surface area is 103 Å². The third kappa shape index (κ3) is 6.73. The minimum absolute atomic E-state index is 0.140. The molecule has 1 rings (SSSR count). The number of hydrogen-bond donors (Lipinski definition) is 1. The van der Waals surface area contributed by atoms with Crippen LogP contribution in [0.15, 0.2) is 30.3 Å². The van der Waals surface area contributed by atoms with Crippen LogP contribution in [0.3, 0.4) is 0 Å². The molecule has 0 bridgehead atoms. The highest BCUT2D eigenvalue weighted by atomic mass is 32.2. The van der Waals surface area contributed by atoms with Crippen molar-refractivity contribution in [2.45, 2.75) is 25.9 Å². The molecule has 5 heteroatoms. The summed E-state index contributed by atoms with van der Waals surface area (Å²) in [5.41, 5.74) is 0.948. The predicted octanol–water partition coefficient (Wildman–Crippen LogP) is 1.51. The topological polar surface area (TPSA) is 60.4 Å². The van der Waals surface area contributed by atoms with Crippen LogP contribution >= 0.6 is 0 Å². The maximum absolute atomic E-state index is 11.3. The van der Waals surface area contributed by atoms with Gasteiger partial charge in [-0.05, 0) is 18.4 Å². The van der Waals surface area contributed by atoms with E-state index in [1.807, 2.05) is 30.3 Å². The van der Waals surface area contributed by atoms with E-state index in [-0.39, 0.29) is 24.7 Å². The maximum Gasteiger partial charge on any atom is 0.306 e. The summed E-state index contributed by atoms with van der Waals surface area (Å²) < 4.78 is 25.6. The van der Waals surface area contributed by atoms with Gasteiger partial charge in [0.2, 0.25) is 0 Å². The van der Waals surface area contributed by atoms with Crippen molar-refractivity contribution in [2.24, 2.45) is 0 Å². The zero-order chi connectivity index (χ0) is 12.5. The van der Waals surface area contributed by atoms with Gasteiger partial charge in [-0.2, -0.15) is 0 Å². The molecule has 0 amide bonds. The molecule has 0 N–H and O–H groups in total. The lowest BCUT2D eigenvalue weighted by Gasteiger charge is -2.04. The second kappa shape index (κ2) is 7.84. The molecule has 0 aliphatic carbocycles. The Kier molecular flexibility index (Phi) is 6.32. The molecule has 1 aromatic carbocycles. The van der Waals surface area contributed by atoms with Gasteiger partial charge in [0, 0.05) is 12.2 Å². The standard InChI is InChI=1S/C12H16O4S/c13-12(8-4-5-9-17(14)15)16-10-11-6-2-1-3-7-11/h1-3,6-7,17H,4-5,8-10H2. The van der Waals surface area contributed by atoms with Crippen molar-refractivity contribution >= 4 is 16.7 Å². The molecule has 0 aliphatic heterocycles. The van der Waals surface area contributed by atoms with Gasteiger partial charge in [-0.3, -0.25) is 4.79 Å². The smallest absolute Gasteiger partial charge is 0.306 e. The van der Waals surface area contributed by atoms with Crippen molar-refractivity contribution in [3.05, 3.63) is 35.9 Å². The van der Waals surface area contributed by atoms with E-state index in [1.54, 1.807) is 0 Å². The molecular weight excluding hydrogens is 240 g/mol. The quantitative estimate of drug-likeness (QED) is 0.456. The van der Waals surface area contributed by atoms with Gasteiger partial charge in [0.25, 0.3) is 0 Å². The zero-order valence-electron chi connectivity index (χ0n) is 9.50. The minimum atomic E-state index is -2.33. The van der Waals surface area contributed by atoms with E-state index < -0.39 is 10.7 Å². The Hall–Kier alpha value is -1.36. The van der Waals surface area contributed by atoms with Gasteiger partial charge in [0.1, 0.15) is 17.3 Å². The first-order chi connectivity index (χ1) is 8.18. The minimum Gasteiger partial charge on any atom is -0.461 e. The van der Waals surface area contributed by atoms with Crippen molar-refractivity contribution in [1.82, 2.24) is 0 Å². The van der Waals surface area contributed by atoms with Gasteiger partial charge in [-0.15, -0.1) is 0 Å². The molecule has 94 valence electrons. The molecule has 0 aromatic heterocycles. The molecule has 0 saturated carbocycles. The number of esters is 1. The van der Waals surface area contributed by atoms with E-state index in [1.165, 1.54) is 0 Å². The molecule has 0 heterocycles. The van der Waals surface area contributed by atoms with Crippen LogP contribution in [0.2, 0.25) is 0 Å². The van der Waals surface area contributed by atoms with Crippen LogP contribution < -0.4 is 0 Å². The van der Waals surface area contributed by atoms with Gasteiger partial charge in [0.15, 0.2) is 0 Å².